The highest BCUT2D eigenvalue weighted by Crippen LogP contribution is 2.20. The molecule has 2 unspecified atom stereocenters. The van der Waals surface area contributed by atoms with Crippen LogP contribution in [0.15, 0.2) is 18.3 Å². The van der Waals surface area contributed by atoms with Crippen LogP contribution in [0.5, 0.6) is 5.88 Å². The molecule has 0 radical (unpaired) electrons. The first-order chi connectivity index (χ1) is 10.1. The fourth-order valence-corrected chi connectivity index (χ4v) is 2.45. The Morgan fingerprint density at radius 3 is 2.95 bits per heavy atom. The molecule has 0 aliphatic heterocycles. The van der Waals surface area contributed by atoms with E-state index in [1.165, 1.54) is 0 Å². The molecule has 0 aromatic carbocycles. The molecule has 2 N–H and O–H groups in total. The minimum absolute atomic E-state index is 0.176. The number of carbonyl (C=O) groups is 1. The van der Waals surface area contributed by atoms with E-state index in [1.54, 1.807) is 18.3 Å². The predicted octanol–water partition coefficient (Wildman–Crippen LogP) is 2.15. The number of amides is 1. The lowest BCUT2D eigenvalue weighted by Crippen LogP contribution is -2.45. The number of carbonyl (C=O) groups excluding carboxylic acids is 1. The Bertz CT molecular complexity index is 476. The van der Waals surface area contributed by atoms with Crippen LogP contribution in [0.3, 0.4) is 0 Å². The van der Waals surface area contributed by atoms with E-state index in [4.69, 9.17) is 4.74 Å². The SMILES string of the molecule is CC(C)COc1ncccc1C(=O)NC1CCCCC1O. The zero-order valence-corrected chi connectivity index (χ0v) is 12.7. The summed E-state index contributed by atoms with van der Waals surface area (Å²) in [7, 11) is 0. The monoisotopic (exact) mass is 292 g/mol. The van der Waals surface area contributed by atoms with Crippen molar-refractivity contribution in [3.63, 3.8) is 0 Å². The van der Waals surface area contributed by atoms with Crippen LogP contribution in [0.2, 0.25) is 0 Å². The Hall–Kier alpha value is -1.62. The van der Waals surface area contributed by atoms with Crippen LogP contribution < -0.4 is 10.1 Å². The molecular weight excluding hydrogens is 268 g/mol. The molecular formula is C16H24N2O3. The van der Waals surface area contributed by atoms with Gasteiger partial charge in [-0.15, -0.1) is 0 Å². The second-order valence-corrected chi connectivity index (χ2v) is 5.99. The number of aliphatic hydroxyl groups is 1. The van der Waals surface area contributed by atoms with E-state index < -0.39 is 6.10 Å². The van der Waals surface area contributed by atoms with Crippen molar-refractivity contribution in [3.05, 3.63) is 23.9 Å². The van der Waals surface area contributed by atoms with Crippen LogP contribution >= 0.6 is 0 Å². The first-order valence-corrected chi connectivity index (χ1v) is 7.64. The van der Waals surface area contributed by atoms with E-state index in [2.05, 4.69) is 10.3 Å². The van der Waals surface area contributed by atoms with Gasteiger partial charge in [0.1, 0.15) is 5.56 Å². The Morgan fingerprint density at radius 1 is 1.48 bits per heavy atom. The molecule has 1 aliphatic carbocycles. The van der Waals surface area contributed by atoms with Crippen LogP contribution in [0.4, 0.5) is 0 Å². The minimum atomic E-state index is -0.459. The predicted molar refractivity (Wildman–Crippen MR) is 80.3 cm³/mol. The van der Waals surface area contributed by atoms with Crippen molar-refractivity contribution in [3.8, 4) is 5.88 Å². The van der Waals surface area contributed by atoms with Gasteiger partial charge in [-0.2, -0.15) is 0 Å². The molecule has 1 heterocycles. The van der Waals surface area contributed by atoms with Crippen molar-refractivity contribution in [2.24, 2.45) is 5.92 Å². The largest absolute Gasteiger partial charge is 0.477 e. The zero-order valence-electron chi connectivity index (χ0n) is 12.7. The number of aromatic nitrogens is 1. The lowest BCUT2D eigenvalue weighted by molar-refractivity contribution is 0.0713. The molecule has 0 saturated heterocycles. The van der Waals surface area contributed by atoms with Gasteiger partial charge in [0.25, 0.3) is 5.91 Å². The van der Waals surface area contributed by atoms with Gasteiger partial charge in [-0.05, 0) is 30.9 Å². The van der Waals surface area contributed by atoms with Crippen LogP contribution in [-0.2, 0) is 0 Å². The van der Waals surface area contributed by atoms with Gasteiger partial charge in [-0.3, -0.25) is 4.79 Å². The molecule has 1 aromatic rings. The fraction of sp³-hybridized carbons (Fsp3) is 0.625. The van der Waals surface area contributed by atoms with Gasteiger partial charge in [0.15, 0.2) is 0 Å². The first-order valence-electron chi connectivity index (χ1n) is 7.64. The molecule has 116 valence electrons. The van der Waals surface area contributed by atoms with Gasteiger partial charge in [0.2, 0.25) is 5.88 Å². The molecule has 1 fully saturated rings. The molecule has 2 atom stereocenters. The summed E-state index contributed by atoms with van der Waals surface area (Å²) in [5.41, 5.74) is 0.427. The topological polar surface area (TPSA) is 71.5 Å². The second-order valence-electron chi connectivity index (χ2n) is 5.99. The van der Waals surface area contributed by atoms with E-state index in [1.807, 2.05) is 13.8 Å². The van der Waals surface area contributed by atoms with E-state index >= 15 is 0 Å². The molecule has 1 aliphatic rings. The standard InChI is InChI=1S/C16H24N2O3/c1-11(2)10-21-16-12(6-5-9-17-16)15(20)18-13-7-3-4-8-14(13)19/h5-6,9,11,13-14,19H,3-4,7-8,10H2,1-2H3,(H,18,20). The number of hydrogen-bond acceptors (Lipinski definition) is 4. The molecule has 1 saturated carbocycles. The van der Waals surface area contributed by atoms with Gasteiger partial charge in [-0.25, -0.2) is 4.98 Å². The smallest absolute Gasteiger partial charge is 0.257 e. The van der Waals surface area contributed by atoms with E-state index in [0.717, 1.165) is 25.7 Å². The third-order valence-corrected chi connectivity index (χ3v) is 3.62. The van der Waals surface area contributed by atoms with E-state index in [-0.39, 0.29) is 11.9 Å². The fourth-order valence-electron chi connectivity index (χ4n) is 2.45. The number of nitrogens with one attached hydrogen (secondary N) is 1. The maximum Gasteiger partial charge on any atom is 0.257 e. The van der Waals surface area contributed by atoms with Crippen LogP contribution in [0.25, 0.3) is 0 Å². The lowest BCUT2D eigenvalue weighted by atomic mass is 9.92. The average molecular weight is 292 g/mol. The van der Waals surface area contributed by atoms with Gasteiger partial charge in [0.05, 0.1) is 18.8 Å². The molecule has 0 bridgehead atoms. The molecule has 21 heavy (non-hydrogen) atoms. The number of hydrogen-bond donors (Lipinski definition) is 2. The van der Waals surface area contributed by atoms with Crippen molar-refractivity contribution in [1.82, 2.24) is 10.3 Å². The number of pyridine rings is 1. The summed E-state index contributed by atoms with van der Waals surface area (Å²) in [6.45, 7) is 4.60. The van der Waals surface area contributed by atoms with Crippen LogP contribution in [-0.4, -0.2) is 34.8 Å². The van der Waals surface area contributed by atoms with Crippen molar-refractivity contribution in [1.29, 1.82) is 0 Å². The Kier molecular flexibility index (Phi) is 5.56. The average Bonchev–Trinajstić information content (AvgIpc) is 2.47. The first kappa shape index (κ1) is 15.8. The lowest BCUT2D eigenvalue weighted by Gasteiger charge is -2.28. The number of nitrogens with zero attached hydrogens (tertiary/aromatic N) is 1. The molecule has 2 rings (SSSR count). The number of ether oxygens (including phenoxy) is 1. The molecule has 5 nitrogen and oxygen atoms in total. The van der Waals surface area contributed by atoms with Gasteiger partial charge in [0, 0.05) is 6.20 Å². The van der Waals surface area contributed by atoms with Crippen molar-refractivity contribution < 1.29 is 14.6 Å². The number of rotatable bonds is 5. The summed E-state index contributed by atoms with van der Waals surface area (Å²) in [6, 6.07) is 3.24. The van der Waals surface area contributed by atoms with Crippen LogP contribution in [0, 0.1) is 5.92 Å². The van der Waals surface area contributed by atoms with Crippen molar-refractivity contribution in [2.75, 3.05) is 6.61 Å². The van der Waals surface area contributed by atoms with E-state index in [9.17, 15) is 9.90 Å². The molecule has 0 spiro atoms. The summed E-state index contributed by atoms with van der Waals surface area (Å²) in [4.78, 5) is 16.5. The maximum absolute atomic E-state index is 12.4. The van der Waals surface area contributed by atoms with Crippen LogP contribution in [0.1, 0.15) is 49.9 Å². The quantitative estimate of drug-likeness (QED) is 0.872. The highest BCUT2D eigenvalue weighted by Gasteiger charge is 2.26. The van der Waals surface area contributed by atoms with Gasteiger partial charge in [-0.1, -0.05) is 26.7 Å². The summed E-state index contributed by atoms with van der Waals surface area (Å²) >= 11 is 0. The summed E-state index contributed by atoms with van der Waals surface area (Å²) in [6.07, 6.45) is 4.76. The van der Waals surface area contributed by atoms with E-state index in [0.29, 0.717) is 24.0 Å². The van der Waals surface area contributed by atoms with Gasteiger partial charge >= 0.3 is 0 Å². The summed E-state index contributed by atoms with van der Waals surface area (Å²) in [5, 5.41) is 12.9. The molecule has 5 heteroatoms. The second kappa shape index (κ2) is 7.41. The van der Waals surface area contributed by atoms with Crippen molar-refractivity contribution >= 4 is 5.91 Å². The molecule has 1 amide bonds. The Balaban J connectivity index is 2.04. The minimum Gasteiger partial charge on any atom is -0.477 e. The zero-order chi connectivity index (χ0) is 15.2. The maximum atomic E-state index is 12.4. The third kappa shape index (κ3) is 4.43. The number of aliphatic hydroxyl groups excluding tert-OH is 1. The normalized spacial score (nSPS) is 22.1. The van der Waals surface area contributed by atoms with Crippen molar-refractivity contribution in [2.45, 2.75) is 51.7 Å². The Labute approximate surface area is 125 Å². The highest BCUT2D eigenvalue weighted by atomic mass is 16.5. The Morgan fingerprint density at radius 2 is 2.24 bits per heavy atom. The highest BCUT2D eigenvalue weighted by molar-refractivity contribution is 5.96. The third-order valence-electron chi connectivity index (χ3n) is 3.62. The summed E-state index contributed by atoms with van der Waals surface area (Å²) < 4.78 is 5.60. The summed E-state index contributed by atoms with van der Waals surface area (Å²) in [5.74, 6) is 0.491. The molecule has 1 aromatic heterocycles. The van der Waals surface area contributed by atoms with Gasteiger partial charge < -0.3 is 15.2 Å².